The van der Waals surface area contributed by atoms with E-state index in [0.717, 1.165) is 44.9 Å². The molecule has 1 aliphatic rings. The van der Waals surface area contributed by atoms with E-state index < -0.39 is 30.4 Å². The Morgan fingerprint density at radius 3 is 1.81 bits per heavy atom. The maximum atomic E-state index is 10.2. The first-order valence-corrected chi connectivity index (χ1v) is 9.71. The molecule has 8 heteroatoms. The van der Waals surface area contributed by atoms with E-state index in [0.29, 0.717) is 19.3 Å². The molecule has 0 spiro atoms. The quantitative estimate of drug-likeness (QED) is 0.206. The molecule has 0 aromatic rings. The van der Waals surface area contributed by atoms with Gasteiger partial charge in [0.25, 0.3) is 0 Å². The predicted octanol–water partition coefficient (Wildman–Crippen LogP) is 0.0778. The van der Waals surface area contributed by atoms with E-state index in [4.69, 9.17) is 10.2 Å². The van der Waals surface area contributed by atoms with Crippen molar-refractivity contribution in [3.8, 4) is 0 Å². The summed E-state index contributed by atoms with van der Waals surface area (Å²) < 4.78 is 0. The zero-order valence-electron chi connectivity index (χ0n) is 15.5. The van der Waals surface area contributed by atoms with Crippen LogP contribution in [0.4, 0.5) is 0 Å². The zero-order chi connectivity index (χ0) is 18.7. The van der Waals surface area contributed by atoms with Crippen LogP contribution in [-0.4, -0.2) is 80.4 Å². The second-order valence-electron chi connectivity index (χ2n) is 7.25. The SMILES string of the molecule is Cl.OCCC[C@@H](O)CCCCCCCC[C@H](O)[C@H]1N[C@H](CO)[C@@H](O)[C@@H]1O. The zero-order valence-corrected chi connectivity index (χ0v) is 16.4. The van der Waals surface area contributed by atoms with Crippen LogP contribution < -0.4 is 5.32 Å². The Kier molecular flexibility index (Phi) is 15.0. The first-order valence-electron chi connectivity index (χ1n) is 9.71. The van der Waals surface area contributed by atoms with E-state index in [9.17, 15) is 20.4 Å². The lowest BCUT2D eigenvalue weighted by atomic mass is 9.98. The lowest BCUT2D eigenvalue weighted by molar-refractivity contribution is -0.00443. The highest BCUT2D eigenvalue weighted by Gasteiger charge is 2.43. The van der Waals surface area contributed by atoms with Gasteiger partial charge in [0, 0.05) is 6.61 Å². The van der Waals surface area contributed by atoms with Gasteiger partial charge in [-0.3, -0.25) is 0 Å². The Hall–Kier alpha value is 0.01000. The number of unbranched alkanes of at least 4 members (excludes halogenated alkanes) is 5. The normalized spacial score (nSPS) is 27.9. The average Bonchev–Trinajstić information content (AvgIpc) is 2.90. The third kappa shape index (κ3) is 9.28. The third-order valence-electron chi connectivity index (χ3n) is 5.13. The highest BCUT2D eigenvalue weighted by molar-refractivity contribution is 5.85. The molecule has 0 saturated carbocycles. The molecule has 0 aliphatic carbocycles. The molecule has 1 fully saturated rings. The van der Waals surface area contributed by atoms with Gasteiger partial charge in [-0.25, -0.2) is 0 Å². The fourth-order valence-electron chi connectivity index (χ4n) is 3.49. The Bertz CT molecular complexity index is 339. The van der Waals surface area contributed by atoms with Gasteiger partial charge in [0.1, 0.15) is 0 Å². The van der Waals surface area contributed by atoms with Crippen LogP contribution in [0.5, 0.6) is 0 Å². The molecular weight excluding hydrogens is 362 g/mol. The molecule has 7 N–H and O–H groups in total. The summed E-state index contributed by atoms with van der Waals surface area (Å²) in [5, 5.41) is 60.2. The standard InChI is InChI=1S/C18H37NO6.ClH/c20-11-7-9-13(22)8-5-3-1-2-4-6-10-15(23)16-18(25)17(24)14(12-21)19-16;/h13-25H,1-12H2;1H/t13-,14+,15-,16+,17+,18+;/m0./s1. The van der Waals surface area contributed by atoms with Crippen molar-refractivity contribution in [1.82, 2.24) is 5.32 Å². The molecular formula is C18H38ClNO6. The molecule has 6 atom stereocenters. The molecule has 1 rings (SSSR count). The Morgan fingerprint density at radius 1 is 0.731 bits per heavy atom. The number of rotatable bonds is 14. The topological polar surface area (TPSA) is 133 Å². The van der Waals surface area contributed by atoms with Crippen molar-refractivity contribution in [2.45, 2.75) is 101 Å². The summed E-state index contributed by atoms with van der Waals surface area (Å²) in [6.07, 6.45) is 5.63. The fraction of sp³-hybridized carbons (Fsp3) is 1.00. The van der Waals surface area contributed by atoms with Gasteiger partial charge < -0.3 is 36.0 Å². The van der Waals surface area contributed by atoms with Crippen LogP contribution in [0.25, 0.3) is 0 Å². The summed E-state index contributed by atoms with van der Waals surface area (Å²) in [7, 11) is 0. The molecule has 158 valence electrons. The third-order valence-corrected chi connectivity index (χ3v) is 5.13. The molecule has 1 saturated heterocycles. The van der Waals surface area contributed by atoms with E-state index in [1.54, 1.807) is 0 Å². The van der Waals surface area contributed by atoms with Crippen LogP contribution >= 0.6 is 12.4 Å². The monoisotopic (exact) mass is 399 g/mol. The first-order chi connectivity index (χ1) is 12.0. The molecule has 7 nitrogen and oxygen atoms in total. The Morgan fingerprint density at radius 2 is 1.27 bits per heavy atom. The van der Waals surface area contributed by atoms with Crippen LogP contribution in [0, 0.1) is 0 Å². The number of nitrogens with one attached hydrogen (secondary N) is 1. The number of hydrogen-bond acceptors (Lipinski definition) is 7. The minimum atomic E-state index is -1.05. The summed E-state index contributed by atoms with van der Waals surface area (Å²) in [6.45, 7) is -0.133. The van der Waals surface area contributed by atoms with E-state index in [2.05, 4.69) is 5.32 Å². The van der Waals surface area contributed by atoms with Crippen LogP contribution in [-0.2, 0) is 0 Å². The summed E-state index contributed by atoms with van der Waals surface area (Å²) >= 11 is 0. The second-order valence-corrected chi connectivity index (χ2v) is 7.25. The Labute approximate surface area is 162 Å². The molecule has 0 aromatic heterocycles. The van der Waals surface area contributed by atoms with Crippen molar-refractivity contribution in [2.24, 2.45) is 0 Å². The molecule has 0 radical (unpaired) electrons. The molecule has 0 amide bonds. The summed E-state index contributed by atoms with van der Waals surface area (Å²) in [5.41, 5.74) is 0. The number of halogens is 1. The molecule has 26 heavy (non-hydrogen) atoms. The van der Waals surface area contributed by atoms with Crippen LogP contribution in [0.15, 0.2) is 0 Å². The van der Waals surface area contributed by atoms with Gasteiger partial charge >= 0.3 is 0 Å². The van der Waals surface area contributed by atoms with E-state index in [-0.39, 0.29) is 31.7 Å². The van der Waals surface area contributed by atoms with Crippen molar-refractivity contribution in [2.75, 3.05) is 13.2 Å². The van der Waals surface area contributed by atoms with E-state index >= 15 is 0 Å². The van der Waals surface area contributed by atoms with Gasteiger partial charge in [0.05, 0.1) is 43.1 Å². The summed E-state index contributed by atoms with van der Waals surface area (Å²) in [4.78, 5) is 0. The van der Waals surface area contributed by atoms with Crippen molar-refractivity contribution in [1.29, 1.82) is 0 Å². The minimum Gasteiger partial charge on any atom is -0.396 e. The van der Waals surface area contributed by atoms with Crippen LogP contribution in [0.2, 0.25) is 0 Å². The largest absolute Gasteiger partial charge is 0.396 e. The van der Waals surface area contributed by atoms with Crippen molar-refractivity contribution >= 4 is 12.4 Å². The van der Waals surface area contributed by atoms with Gasteiger partial charge in [-0.05, 0) is 25.7 Å². The predicted molar refractivity (Wildman–Crippen MR) is 102 cm³/mol. The summed E-state index contributed by atoms with van der Waals surface area (Å²) in [5.74, 6) is 0. The van der Waals surface area contributed by atoms with Crippen LogP contribution in [0.3, 0.4) is 0 Å². The van der Waals surface area contributed by atoms with Gasteiger partial charge in [-0.2, -0.15) is 0 Å². The number of aliphatic hydroxyl groups is 6. The molecule has 0 unspecified atom stereocenters. The minimum absolute atomic E-state index is 0. The smallest absolute Gasteiger partial charge is 0.0993 e. The molecule has 1 aliphatic heterocycles. The fourth-order valence-corrected chi connectivity index (χ4v) is 3.49. The average molecular weight is 400 g/mol. The first kappa shape index (κ1) is 26.0. The maximum Gasteiger partial charge on any atom is 0.0993 e. The summed E-state index contributed by atoms with van der Waals surface area (Å²) in [6, 6.07) is -1.17. The molecule has 0 bridgehead atoms. The molecule has 0 aromatic carbocycles. The van der Waals surface area contributed by atoms with Gasteiger partial charge in [-0.1, -0.05) is 38.5 Å². The lowest BCUT2D eigenvalue weighted by Gasteiger charge is -2.22. The number of hydrogen-bond donors (Lipinski definition) is 7. The number of aliphatic hydroxyl groups excluding tert-OH is 6. The van der Waals surface area contributed by atoms with E-state index in [1.165, 1.54) is 0 Å². The van der Waals surface area contributed by atoms with Crippen molar-refractivity contribution in [3.63, 3.8) is 0 Å². The molecule has 1 heterocycles. The van der Waals surface area contributed by atoms with Gasteiger partial charge in [0.15, 0.2) is 0 Å². The van der Waals surface area contributed by atoms with Gasteiger partial charge in [0.2, 0.25) is 0 Å². The lowest BCUT2D eigenvalue weighted by Crippen LogP contribution is -2.44. The van der Waals surface area contributed by atoms with Crippen molar-refractivity contribution < 1.29 is 30.6 Å². The van der Waals surface area contributed by atoms with E-state index in [1.807, 2.05) is 0 Å². The second kappa shape index (κ2) is 15.0. The Balaban J connectivity index is 0.00000625. The highest BCUT2D eigenvalue weighted by atomic mass is 35.5. The van der Waals surface area contributed by atoms with Crippen molar-refractivity contribution in [3.05, 3.63) is 0 Å². The maximum absolute atomic E-state index is 10.2. The van der Waals surface area contributed by atoms with Gasteiger partial charge in [-0.15, -0.1) is 12.4 Å². The van der Waals surface area contributed by atoms with Crippen LogP contribution in [0.1, 0.15) is 64.2 Å². The highest BCUT2D eigenvalue weighted by Crippen LogP contribution is 2.20.